The van der Waals surface area contributed by atoms with Crippen molar-refractivity contribution >= 4 is 69.9 Å². The number of hydrogen-bond donors (Lipinski definition) is 3. The molecule has 1 rings (SSSR count). The molecular weight excluding hydrogens is 391 g/mol. The first-order chi connectivity index (χ1) is 10.7. The second kappa shape index (κ2) is 8.34. The zero-order valence-corrected chi connectivity index (χ0v) is 14.6. The molecule has 0 saturated carbocycles. The summed E-state index contributed by atoms with van der Waals surface area (Å²) in [5, 5.41) is 18.3. The lowest BCUT2D eigenvalue weighted by Gasteiger charge is -2.26. The van der Waals surface area contributed by atoms with Gasteiger partial charge in [-0.2, -0.15) is 0 Å². The van der Waals surface area contributed by atoms with Crippen LogP contribution in [0.15, 0.2) is 18.2 Å². The van der Waals surface area contributed by atoms with Crippen molar-refractivity contribution in [1.82, 2.24) is 10.6 Å². The van der Waals surface area contributed by atoms with E-state index >= 15 is 0 Å². The number of nitro groups is 1. The number of non-ortho nitro benzene ring substituents is 1. The Hall–Kier alpha value is -1.55. The highest BCUT2D eigenvalue weighted by Gasteiger charge is 2.33. The van der Waals surface area contributed by atoms with E-state index in [-0.39, 0.29) is 16.5 Å². The molecule has 126 valence electrons. The van der Waals surface area contributed by atoms with E-state index in [1.54, 1.807) is 0 Å². The van der Waals surface area contributed by atoms with Crippen LogP contribution in [0.3, 0.4) is 0 Å². The number of carbonyl (C=O) groups is 1. The molecule has 0 radical (unpaired) electrons. The molecule has 0 spiro atoms. The smallest absolute Gasteiger partial charge is 0.273 e. The van der Waals surface area contributed by atoms with Crippen LogP contribution in [0.4, 0.5) is 11.4 Å². The minimum Gasteiger partial charge on any atom is -0.494 e. The van der Waals surface area contributed by atoms with Crippen molar-refractivity contribution in [3.63, 3.8) is 0 Å². The summed E-state index contributed by atoms with van der Waals surface area (Å²) in [5.74, 6) is 0.192. The number of rotatable bonds is 6. The van der Waals surface area contributed by atoms with Crippen molar-refractivity contribution in [2.24, 2.45) is 0 Å². The lowest BCUT2D eigenvalue weighted by molar-refractivity contribution is -0.384. The van der Waals surface area contributed by atoms with E-state index in [0.717, 1.165) is 0 Å². The van der Waals surface area contributed by atoms with Gasteiger partial charge in [-0.05, 0) is 18.3 Å². The summed E-state index contributed by atoms with van der Waals surface area (Å²) >= 11 is 22.1. The molecule has 0 aromatic heterocycles. The first kappa shape index (κ1) is 19.5. The SMILES string of the molecule is COc1cc([N+](=O)[O-])ccc1NC(=S)N[C@H](NC=O)C(Cl)(Cl)Cl. The molecule has 0 heterocycles. The van der Waals surface area contributed by atoms with Crippen LogP contribution in [0.2, 0.25) is 0 Å². The number of thiocarbonyl (C=S) groups is 1. The monoisotopic (exact) mass is 400 g/mol. The summed E-state index contributed by atoms with van der Waals surface area (Å²) in [6.45, 7) is 0. The number of ether oxygens (including phenoxy) is 1. The minimum atomic E-state index is -1.85. The van der Waals surface area contributed by atoms with Gasteiger partial charge in [0.15, 0.2) is 5.11 Å². The molecular formula is C11H11Cl3N4O4S. The van der Waals surface area contributed by atoms with E-state index < -0.39 is 14.9 Å². The summed E-state index contributed by atoms with van der Waals surface area (Å²) < 4.78 is 3.20. The Labute approximate surface area is 151 Å². The molecule has 0 fully saturated rings. The van der Waals surface area contributed by atoms with E-state index in [9.17, 15) is 14.9 Å². The maximum absolute atomic E-state index is 10.7. The topological polar surface area (TPSA) is 106 Å². The van der Waals surface area contributed by atoms with Gasteiger partial charge in [0.25, 0.3) is 5.69 Å². The number of nitrogens with one attached hydrogen (secondary N) is 3. The number of nitro benzene ring substituents is 1. The van der Waals surface area contributed by atoms with Gasteiger partial charge in [0.1, 0.15) is 11.9 Å². The Kier molecular flexibility index (Phi) is 7.07. The van der Waals surface area contributed by atoms with Gasteiger partial charge in [-0.3, -0.25) is 14.9 Å². The van der Waals surface area contributed by atoms with Crippen LogP contribution in [0.1, 0.15) is 0 Å². The summed E-state index contributed by atoms with van der Waals surface area (Å²) in [7, 11) is 1.35. The first-order valence-corrected chi connectivity index (χ1v) is 7.39. The highest BCUT2D eigenvalue weighted by Crippen LogP contribution is 2.30. The van der Waals surface area contributed by atoms with Crippen LogP contribution in [-0.2, 0) is 4.79 Å². The predicted octanol–water partition coefficient (Wildman–Crippen LogP) is 2.33. The van der Waals surface area contributed by atoms with Crippen molar-refractivity contribution in [2.75, 3.05) is 12.4 Å². The summed E-state index contributed by atoms with van der Waals surface area (Å²) in [4.78, 5) is 20.7. The third kappa shape index (κ3) is 5.87. The number of amides is 1. The van der Waals surface area contributed by atoms with Gasteiger partial charge < -0.3 is 20.7 Å². The quantitative estimate of drug-likeness (QED) is 0.168. The van der Waals surface area contributed by atoms with E-state index in [1.165, 1.54) is 25.3 Å². The highest BCUT2D eigenvalue weighted by molar-refractivity contribution is 7.80. The number of methoxy groups -OCH3 is 1. The number of hydrogen-bond acceptors (Lipinski definition) is 5. The van der Waals surface area contributed by atoms with Crippen molar-refractivity contribution < 1.29 is 14.5 Å². The fraction of sp³-hybridized carbons (Fsp3) is 0.273. The molecule has 1 amide bonds. The molecule has 1 aromatic rings. The highest BCUT2D eigenvalue weighted by atomic mass is 35.6. The average molecular weight is 402 g/mol. The third-order valence-corrected chi connectivity index (χ3v) is 3.36. The van der Waals surface area contributed by atoms with E-state index in [1.807, 2.05) is 0 Å². The van der Waals surface area contributed by atoms with Crippen LogP contribution < -0.4 is 20.7 Å². The zero-order chi connectivity index (χ0) is 17.6. The van der Waals surface area contributed by atoms with Gasteiger partial charge in [-0.15, -0.1) is 0 Å². The first-order valence-electron chi connectivity index (χ1n) is 5.85. The number of carbonyl (C=O) groups excluding carboxylic acids is 1. The molecule has 23 heavy (non-hydrogen) atoms. The summed E-state index contributed by atoms with van der Waals surface area (Å²) in [6.07, 6.45) is -0.747. The predicted molar refractivity (Wildman–Crippen MR) is 92.3 cm³/mol. The largest absolute Gasteiger partial charge is 0.494 e. The van der Waals surface area contributed by atoms with Crippen molar-refractivity contribution in [3.05, 3.63) is 28.3 Å². The van der Waals surface area contributed by atoms with Gasteiger partial charge in [0, 0.05) is 6.07 Å². The van der Waals surface area contributed by atoms with Crippen molar-refractivity contribution in [2.45, 2.75) is 9.96 Å². The molecule has 0 saturated heterocycles. The van der Waals surface area contributed by atoms with E-state index in [2.05, 4.69) is 16.0 Å². The molecule has 1 atom stereocenters. The Bertz CT molecular complexity index is 611. The number of alkyl halides is 3. The summed E-state index contributed by atoms with van der Waals surface area (Å²) in [5.41, 5.74) is 0.206. The molecule has 0 bridgehead atoms. The molecule has 8 nitrogen and oxygen atoms in total. The Morgan fingerprint density at radius 1 is 1.48 bits per heavy atom. The normalized spacial score (nSPS) is 12.0. The Morgan fingerprint density at radius 3 is 2.61 bits per heavy atom. The molecule has 1 aromatic carbocycles. The lowest BCUT2D eigenvalue weighted by atomic mass is 10.2. The van der Waals surface area contributed by atoms with Gasteiger partial charge in [-0.25, -0.2) is 0 Å². The van der Waals surface area contributed by atoms with Crippen molar-refractivity contribution in [3.8, 4) is 5.75 Å². The standard InChI is InChI=1S/C11H11Cl3N4O4S/c1-22-8-4-6(18(20)21)2-3-7(8)16-10(23)17-9(15-5-19)11(12,13)14/h2-5,9H,1H3,(H,15,19)(H2,16,17,23)/t9-/m0/s1. The minimum absolute atomic E-state index is 0.00262. The lowest BCUT2D eigenvalue weighted by Crippen LogP contribution is -2.53. The van der Waals surface area contributed by atoms with Crippen molar-refractivity contribution in [1.29, 1.82) is 0 Å². The third-order valence-electron chi connectivity index (χ3n) is 2.48. The van der Waals surface area contributed by atoms with Crippen LogP contribution >= 0.6 is 47.0 Å². The van der Waals surface area contributed by atoms with Crippen LogP contribution in [-0.4, -0.2) is 33.5 Å². The molecule has 0 aliphatic heterocycles. The number of anilines is 1. The van der Waals surface area contributed by atoms with Gasteiger partial charge in [0.05, 0.1) is 23.8 Å². The van der Waals surface area contributed by atoms with Crippen LogP contribution in [0, 0.1) is 10.1 Å². The molecule has 0 aliphatic rings. The molecule has 12 heteroatoms. The average Bonchev–Trinajstić information content (AvgIpc) is 2.46. The van der Waals surface area contributed by atoms with Gasteiger partial charge in [-0.1, -0.05) is 34.8 Å². The summed E-state index contributed by atoms with van der Waals surface area (Å²) in [6, 6.07) is 3.90. The fourth-order valence-corrected chi connectivity index (χ4v) is 2.05. The zero-order valence-electron chi connectivity index (χ0n) is 11.5. The number of benzene rings is 1. The van der Waals surface area contributed by atoms with Crippen LogP contribution in [0.25, 0.3) is 0 Å². The fourth-order valence-electron chi connectivity index (χ4n) is 1.47. The maximum atomic E-state index is 10.7. The van der Waals surface area contributed by atoms with E-state index in [0.29, 0.717) is 12.1 Å². The number of nitrogens with zero attached hydrogens (tertiary/aromatic N) is 1. The number of halogens is 3. The molecule has 3 N–H and O–H groups in total. The molecule has 0 aliphatic carbocycles. The van der Waals surface area contributed by atoms with Gasteiger partial charge in [0.2, 0.25) is 10.2 Å². The van der Waals surface area contributed by atoms with Gasteiger partial charge >= 0.3 is 0 Å². The second-order valence-corrected chi connectivity index (χ2v) is 6.78. The van der Waals surface area contributed by atoms with Crippen LogP contribution in [0.5, 0.6) is 5.75 Å². The Balaban J connectivity index is 2.88. The van der Waals surface area contributed by atoms with E-state index in [4.69, 9.17) is 51.8 Å². The second-order valence-electron chi connectivity index (χ2n) is 4.00. The Morgan fingerprint density at radius 2 is 2.13 bits per heavy atom. The maximum Gasteiger partial charge on any atom is 0.273 e. The molecule has 0 unspecified atom stereocenters.